The molecule has 0 spiro atoms. The fourth-order valence-electron chi connectivity index (χ4n) is 1.80. The molecule has 0 heterocycles. The Balaban J connectivity index is 2.52. The van der Waals surface area contributed by atoms with Crippen LogP contribution < -0.4 is 4.74 Å². The summed E-state index contributed by atoms with van der Waals surface area (Å²) in [5.41, 5.74) is 1.42. The summed E-state index contributed by atoms with van der Waals surface area (Å²) in [5, 5.41) is 9.01. The van der Waals surface area contributed by atoms with E-state index in [1.807, 2.05) is 31.2 Å². The van der Waals surface area contributed by atoms with Crippen molar-refractivity contribution >= 4 is 0 Å². The number of benzene rings is 2. The van der Waals surface area contributed by atoms with Gasteiger partial charge < -0.3 is 4.74 Å². The van der Waals surface area contributed by atoms with Gasteiger partial charge in [0.15, 0.2) is 0 Å². The monoisotopic (exact) mass is 241 g/mol. The molecule has 0 amide bonds. The Hall–Kier alpha value is -2.34. The highest BCUT2D eigenvalue weighted by molar-refractivity contribution is 5.71. The van der Waals surface area contributed by atoms with E-state index in [0.717, 1.165) is 5.56 Å². The fraction of sp³-hybridized carbons (Fsp3) is 0.133. The molecule has 2 rings (SSSR count). The lowest BCUT2D eigenvalue weighted by atomic mass is 10.00. The van der Waals surface area contributed by atoms with Crippen LogP contribution >= 0.6 is 0 Å². The third kappa shape index (κ3) is 2.33. The predicted octanol–water partition coefficient (Wildman–Crippen LogP) is 3.76. The molecule has 2 aromatic rings. The van der Waals surface area contributed by atoms with Crippen molar-refractivity contribution < 1.29 is 9.13 Å². The van der Waals surface area contributed by atoms with Gasteiger partial charge in [-0.15, -0.1) is 0 Å². The van der Waals surface area contributed by atoms with Crippen molar-refractivity contribution in [3.05, 3.63) is 53.8 Å². The van der Waals surface area contributed by atoms with Crippen molar-refractivity contribution in [1.82, 2.24) is 0 Å². The molecule has 3 heteroatoms. The van der Waals surface area contributed by atoms with E-state index in [1.165, 1.54) is 6.07 Å². The first-order valence-electron chi connectivity index (χ1n) is 5.68. The van der Waals surface area contributed by atoms with Gasteiger partial charge in [-0.1, -0.05) is 24.3 Å². The van der Waals surface area contributed by atoms with Crippen molar-refractivity contribution in [2.75, 3.05) is 6.61 Å². The maximum absolute atomic E-state index is 13.5. The van der Waals surface area contributed by atoms with Crippen LogP contribution in [0.5, 0.6) is 5.75 Å². The molecule has 0 unspecified atom stereocenters. The predicted molar refractivity (Wildman–Crippen MR) is 67.7 cm³/mol. The summed E-state index contributed by atoms with van der Waals surface area (Å²) in [6.07, 6.45) is 0. The third-order valence-corrected chi connectivity index (χ3v) is 2.58. The maximum atomic E-state index is 13.5. The van der Waals surface area contributed by atoms with E-state index in [1.54, 1.807) is 18.2 Å². The van der Waals surface area contributed by atoms with E-state index in [-0.39, 0.29) is 5.56 Å². The third-order valence-electron chi connectivity index (χ3n) is 2.58. The van der Waals surface area contributed by atoms with Gasteiger partial charge in [-0.05, 0) is 30.7 Å². The van der Waals surface area contributed by atoms with E-state index < -0.39 is 5.82 Å². The Bertz CT molecular complexity index is 602. The minimum absolute atomic E-state index is 0.0612. The summed E-state index contributed by atoms with van der Waals surface area (Å²) in [4.78, 5) is 0. The Kier molecular flexibility index (Phi) is 3.59. The van der Waals surface area contributed by atoms with Crippen LogP contribution in [-0.2, 0) is 0 Å². The lowest BCUT2D eigenvalue weighted by Crippen LogP contribution is -1.93. The van der Waals surface area contributed by atoms with Crippen LogP contribution in [0.25, 0.3) is 11.1 Å². The van der Waals surface area contributed by atoms with Crippen molar-refractivity contribution in [2.45, 2.75) is 6.92 Å². The van der Waals surface area contributed by atoms with Gasteiger partial charge in [0.2, 0.25) is 0 Å². The second kappa shape index (κ2) is 5.33. The van der Waals surface area contributed by atoms with E-state index in [0.29, 0.717) is 17.9 Å². The van der Waals surface area contributed by atoms with Gasteiger partial charge in [-0.3, -0.25) is 0 Å². The maximum Gasteiger partial charge on any atom is 0.141 e. The normalized spacial score (nSPS) is 9.83. The number of nitriles is 1. The molecule has 0 N–H and O–H groups in total. The molecule has 0 radical (unpaired) electrons. The summed E-state index contributed by atoms with van der Waals surface area (Å²) in [7, 11) is 0. The average molecular weight is 241 g/mol. The molecule has 0 fully saturated rings. The summed E-state index contributed by atoms with van der Waals surface area (Å²) < 4.78 is 18.9. The van der Waals surface area contributed by atoms with Gasteiger partial charge in [0.25, 0.3) is 0 Å². The Morgan fingerprint density at radius 1 is 1.22 bits per heavy atom. The number of nitrogens with zero attached hydrogens (tertiary/aromatic N) is 1. The van der Waals surface area contributed by atoms with Crippen LogP contribution in [0.3, 0.4) is 0 Å². The van der Waals surface area contributed by atoms with Gasteiger partial charge in [0, 0.05) is 5.56 Å². The molecule has 2 nitrogen and oxygen atoms in total. The van der Waals surface area contributed by atoms with E-state index in [9.17, 15) is 4.39 Å². The van der Waals surface area contributed by atoms with Crippen molar-refractivity contribution in [3.8, 4) is 22.9 Å². The van der Waals surface area contributed by atoms with Crippen LogP contribution in [0.2, 0.25) is 0 Å². The van der Waals surface area contributed by atoms with Gasteiger partial charge in [-0.25, -0.2) is 4.39 Å². The quantitative estimate of drug-likeness (QED) is 0.819. The van der Waals surface area contributed by atoms with Crippen LogP contribution in [0.4, 0.5) is 4.39 Å². The molecule has 0 aliphatic heterocycles. The first kappa shape index (κ1) is 12.1. The molecule has 0 aliphatic rings. The SMILES string of the molecule is CCOc1cccc(-c2cccc(F)c2C#N)c1. The van der Waals surface area contributed by atoms with E-state index in [2.05, 4.69) is 0 Å². The largest absolute Gasteiger partial charge is 0.494 e. The molecule has 0 aliphatic carbocycles. The zero-order chi connectivity index (χ0) is 13.0. The van der Waals surface area contributed by atoms with Crippen LogP contribution in [0.15, 0.2) is 42.5 Å². The zero-order valence-corrected chi connectivity index (χ0v) is 9.98. The number of hydrogen-bond acceptors (Lipinski definition) is 2. The highest BCUT2D eigenvalue weighted by Crippen LogP contribution is 2.28. The number of rotatable bonds is 3. The lowest BCUT2D eigenvalue weighted by Gasteiger charge is -2.08. The highest BCUT2D eigenvalue weighted by atomic mass is 19.1. The van der Waals surface area contributed by atoms with Crippen LogP contribution in [0.1, 0.15) is 12.5 Å². The van der Waals surface area contributed by atoms with Gasteiger partial charge >= 0.3 is 0 Å². The van der Waals surface area contributed by atoms with E-state index >= 15 is 0 Å². The molecule has 0 aromatic heterocycles. The smallest absolute Gasteiger partial charge is 0.141 e. The van der Waals surface area contributed by atoms with Crippen molar-refractivity contribution in [1.29, 1.82) is 5.26 Å². The molecular weight excluding hydrogens is 229 g/mol. The number of ether oxygens (including phenoxy) is 1. The van der Waals surface area contributed by atoms with Crippen molar-refractivity contribution in [2.24, 2.45) is 0 Å². The second-order valence-corrected chi connectivity index (χ2v) is 3.74. The summed E-state index contributed by atoms with van der Waals surface area (Å²) in [6, 6.07) is 13.8. The first-order chi connectivity index (χ1) is 8.76. The fourth-order valence-corrected chi connectivity index (χ4v) is 1.80. The lowest BCUT2D eigenvalue weighted by molar-refractivity contribution is 0.340. The number of halogens is 1. The average Bonchev–Trinajstić information content (AvgIpc) is 2.39. The molecule has 18 heavy (non-hydrogen) atoms. The zero-order valence-electron chi connectivity index (χ0n) is 9.98. The van der Waals surface area contributed by atoms with Crippen LogP contribution in [-0.4, -0.2) is 6.61 Å². The Morgan fingerprint density at radius 2 is 2.00 bits per heavy atom. The highest BCUT2D eigenvalue weighted by Gasteiger charge is 2.10. The van der Waals surface area contributed by atoms with Crippen molar-refractivity contribution in [3.63, 3.8) is 0 Å². The van der Waals surface area contributed by atoms with Gasteiger partial charge in [-0.2, -0.15) is 5.26 Å². The number of hydrogen-bond donors (Lipinski definition) is 0. The molecular formula is C15H12FNO. The summed E-state index contributed by atoms with van der Waals surface area (Å²) in [5.74, 6) is 0.208. The molecule has 0 bridgehead atoms. The molecule has 0 saturated heterocycles. The van der Waals surface area contributed by atoms with Crippen LogP contribution in [0, 0.1) is 17.1 Å². The van der Waals surface area contributed by atoms with Gasteiger partial charge in [0.05, 0.1) is 12.2 Å². The second-order valence-electron chi connectivity index (χ2n) is 3.74. The van der Waals surface area contributed by atoms with Gasteiger partial charge in [0.1, 0.15) is 17.6 Å². The minimum Gasteiger partial charge on any atom is -0.494 e. The van der Waals surface area contributed by atoms with E-state index in [4.69, 9.17) is 10.00 Å². The molecule has 0 saturated carbocycles. The topological polar surface area (TPSA) is 33.0 Å². The summed E-state index contributed by atoms with van der Waals surface area (Å²) >= 11 is 0. The summed E-state index contributed by atoms with van der Waals surface area (Å²) in [6.45, 7) is 2.47. The minimum atomic E-state index is -0.503. The molecule has 2 aromatic carbocycles. The molecule has 0 atom stereocenters. The standard InChI is InChI=1S/C15H12FNO/c1-2-18-12-6-3-5-11(9-12)13-7-4-8-15(16)14(13)10-17/h3-9H,2H2,1H3. The molecule has 90 valence electrons. The Morgan fingerprint density at radius 3 is 2.72 bits per heavy atom. The Labute approximate surface area is 105 Å². The first-order valence-corrected chi connectivity index (χ1v) is 5.68.